The summed E-state index contributed by atoms with van der Waals surface area (Å²) in [6, 6.07) is 0.0190. The highest BCUT2D eigenvalue weighted by Crippen LogP contribution is 2.32. The Hall–Kier alpha value is -1.10. The third kappa shape index (κ3) is 4.00. The molecule has 0 aromatic carbocycles. The molecule has 98 valence electrons. The highest BCUT2D eigenvalue weighted by Gasteiger charge is 2.36. The van der Waals surface area contributed by atoms with Crippen molar-refractivity contribution in [3.8, 4) is 0 Å². The van der Waals surface area contributed by atoms with Crippen LogP contribution in [-0.2, 0) is 9.59 Å². The van der Waals surface area contributed by atoms with Crippen molar-refractivity contribution in [3.05, 3.63) is 0 Å². The fourth-order valence-electron chi connectivity index (χ4n) is 2.10. The molecule has 1 aliphatic carbocycles. The molecule has 1 rings (SSSR count). The largest absolute Gasteiger partial charge is 0.481 e. The number of aliphatic carboxylic acids is 1. The van der Waals surface area contributed by atoms with Crippen molar-refractivity contribution in [3.63, 3.8) is 0 Å². The summed E-state index contributed by atoms with van der Waals surface area (Å²) in [6.45, 7) is 4.05. The number of carbonyl (C=O) groups is 2. The average molecular weight is 242 g/mol. The molecule has 0 aromatic rings. The number of carbonyl (C=O) groups excluding carboxylic acids is 1. The Morgan fingerprint density at radius 1 is 1.41 bits per heavy atom. The predicted molar refractivity (Wildman–Crippen MR) is 64.5 cm³/mol. The molecule has 17 heavy (non-hydrogen) atoms. The van der Waals surface area contributed by atoms with Gasteiger partial charge in [0.25, 0.3) is 0 Å². The van der Waals surface area contributed by atoms with Crippen molar-refractivity contribution in [1.82, 2.24) is 4.90 Å². The summed E-state index contributed by atoms with van der Waals surface area (Å²) in [5.74, 6) is -0.905. The lowest BCUT2D eigenvalue weighted by molar-refractivity contribution is -0.139. The molecule has 0 heterocycles. The van der Waals surface area contributed by atoms with Gasteiger partial charge in [0.15, 0.2) is 0 Å². The number of carboxylic acids is 1. The van der Waals surface area contributed by atoms with Crippen LogP contribution in [0.3, 0.4) is 0 Å². The van der Waals surface area contributed by atoms with Crippen LogP contribution in [-0.4, -0.2) is 40.0 Å². The zero-order chi connectivity index (χ0) is 13.1. The molecule has 5 nitrogen and oxygen atoms in total. The van der Waals surface area contributed by atoms with Crippen LogP contribution < -0.4 is 5.73 Å². The predicted octanol–water partition coefficient (Wildman–Crippen LogP) is 0.970. The first-order valence-electron chi connectivity index (χ1n) is 6.14. The first-order chi connectivity index (χ1) is 7.84. The van der Waals surface area contributed by atoms with Crippen molar-refractivity contribution >= 4 is 11.9 Å². The second-order valence-corrected chi connectivity index (χ2v) is 5.22. The Labute approximate surface area is 102 Å². The summed E-state index contributed by atoms with van der Waals surface area (Å²) in [5, 5.41) is 8.65. The van der Waals surface area contributed by atoms with Crippen LogP contribution in [0.15, 0.2) is 0 Å². The van der Waals surface area contributed by atoms with Gasteiger partial charge in [0.2, 0.25) is 5.91 Å². The van der Waals surface area contributed by atoms with Crippen molar-refractivity contribution in [2.75, 3.05) is 6.54 Å². The molecule has 0 aliphatic heterocycles. The van der Waals surface area contributed by atoms with E-state index < -0.39 is 5.97 Å². The van der Waals surface area contributed by atoms with E-state index in [-0.39, 0.29) is 30.5 Å². The average Bonchev–Trinajstić information content (AvgIpc) is 2.14. The minimum Gasteiger partial charge on any atom is -0.481 e. The summed E-state index contributed by atoms with van der Waals surface area (Å²) < 4.78 is 0. The Balaban J connectivity index is 2.51. The van der Waals surface area contributed by atoms with E-state index >= 15 is 0 Å². The molecule has 3 N–H and O–H groups in total. The smallest absolute Gasteiger partial charge is 0.305 e. The summed E-state index contributed by atoms with van der Waals surface area (Å²) in [6.07, 6.45) is 3.19. The van der Waals surface area contributed by atoms with Crippen molar-refractivity contribution < 1.29 is 14.7 Å². The van der Waals surface area contributed by atoms with E-state index in [1.807, 2.05) is 13.8 Å². The van der Waals surface area contributed by atoms with Gasteiger partial charge in [-0.05, 0) is 33.1 Å². The molecule has 0 spiro atoms. The molecule has 0 radical (unpaired) electrons. The van der Waals surface area contributed by atoms with E-state index in [9.17, 15) is 9.59 Å². The molecule has 0 aromatic heterocycles. The maximum atomic E-state index is 12.1. The number of rotatable bonds is 6. The zero-order valence-corrected chi connectivity index (χ0v) is 10.6. The van der Waals surface area contributed by atoms with E-state index in [2.05, 4.69) is 0 Å². The second kappa shape index (κ2) is 5.49. The molecule has 0 saturated heterocycles. The van der Waals surface area contributed by atoms with Gasteiger partial charge in [-0.15, -0.1) is 0 Å². The van der Waals surface area contributed by atoms with Crippen LogP contribution in [0.2, 0.25) is 0 Å². The third-order valence-electron chi connectivity index (χ3n) is 3.36. The number of amides is 1. The molecule has 5 heteroatoms. The van der Waals surface area contributed by atoms with Crippen LogP contribution in [0.4, 0.5) is 0 Å². The fraction of sp³-hybridized carbons (Fsp3) is 0.833. The topological polar surface area (TPSA) is 83.6 Å². The molecule has 1 saturated carbocycles. The summed E-state index contributed by atoms with van der Waals surface area (Å²) in [7, 11) is 0. The number of nitrogens with two attached hydrogens (primary N) is 1. The standard InChI is InChI=1S/C12H22N2O3/c1-9(2)14(7-4-11(16)17)10(15)8-12(13)5-3-6-12/h9H,3-8,13H2,1-2H3,(H,16,17). The highest BCUT2D eigenvalue weighted by atomic mass is 16.4. The van der Waals surface area contributed by atoms with Crippen LogP contribution in [0.1, 0.15) is 46.0 Å². The van der Waals surface area contributed by atoms with E-state index in [4.69, 9.17) is 10.8 Å². The normalized spacial score (nSPS) is 17.6. The van der Waals surface area contributed by atoms with E-state index in [0.717, 1.165) is 19.3 Å². The van der Waals surface area contributed by atoms with Gasteiger partial charge in [0.05, 0.1) is 6.42 Å². The lowest BCUT2D eigenvalue weighted by Crippen LogP contribution is -2.51. The Kier molecular flexibility index (Phi) is 4.51. The van der Waals surface area contributed by atoms with E-state index in [0.29, 0.717) is 6.42 Å². The van der Waals surface area contributed by atoms with Gasteiger partial charge in [-0.1, -0.05) is 0 Å². The van der Waals surface area contributed by atoms with Crippen LogP contribution in [0.5, 0.6) is 0 Å². The lowest BCUT2D eigenvalue weighted by atomic mass is 9.75. The van der Waals surface area contributed by atoms with Gasteiger partial charge >= 0.3 is 5.97 Å². The second-order valence-electron chi connectivity index (χ2n) is 5.22. The maximum Gasteiger partial charge on any atom is 0.305 e. The van der Waals surface area contributed by atoms with Crippen molar-refractivity contribution in [2.24, 2.45) is 5.73 Å². The molecular weight excluding hydrogens is 220 g/mol. The van der Waals surface area contributed by atoms with Crippen LogP contribution in [0, 0.1) is 0 Å². The molecule has 0 atom stereocenters. The number of nitrogens with zero attached hydrogens (tertiary/aromatic N) is 1. The minimum atomic E-state index is -0.880. The van der Waals surface area contributed by atoms with Crippen LogP contribution in [0.25, 0.3) is 0 Å². The quantitative estimate of drug-likeness (QED) is 0.727. The van der Waals surface area contributed by atoms with Crippen molar-refractivity contribution in [1.29, 1.82) is 0 Å². The van der Waals surface area contributed by atoms with E-state index in [1.54, 1.807) is 4.90 Å². The first kappa shape index (κ1) is 14.0. The number of carboxylic acid groups (broad SMARTS) is 1. The van der Waals surface area contributed by atoms with Gasteiger partial charge in [0.1, 0.15) is 0 Å². The summed E-state index contributed by atoms with van der Waals surface area (Å²) >= 11 is 0. The highest BCUT2D eigenvalue weighted by molar-refractivity contribution is 5.78. The van der Waals surface area contributed by atoms with E-state index in [1.165, 1.54) is 0 Å². The third-order valence-corrected chi connectivity index (χ3v) is 3.36. The fourth-order valence-corrected chi connectivity index (χ4v) is 2.10. The van der Waals surface area contributed by atoms with Gasteiger partial charge in [-0.25, -0.2) is 0 Å². The van der Waals surface area contributed by atoms with Gasteiger partial charge in [-0.3, -0.25) is 9.59 Å². The zero-order valence-electron chi connectivity index (χ0n) is 10.6. The van der Waals surface area contributed by atoms with Gasteiger partial charge < -0.3 is 15.7 Å². The number of hydrogen-bond donors (Lipinski definition) is 2. The molecule has 1 fully saturated rings. The minimum absolute atomic E-state index is 0.0124. The molecule has 0 unspecified atom stereocenters. The Morgan fingerprint density at radius 2 is 2.00 bits per heavy atom. The van der Waals surface area contributed by atoms with Gasteiger partial charge in [-0.2, -0.15) is 0 Å². The molecule has 1 amide bonds. The molecule has 0 bridgehead atoms. The Bertz CT molecular complexity index is 298. The lowest BCUT2D eigenvalue weighted by Gasteiger charge is -2.39. The molecule has 1 aliphatic rings. The maximum absolute atomic E-state index is 12.1. The summed E-state index contributed by atoms with van der Waals surface area (Å²) in [4.78, 5) is 24.2. The number of hydrogen-bond acceptors (Lipinski definition) is 3. The molecular formula is C12H22N2O3. The summed E-state index contributed by atoms with van der Waals surface area (Å²) in [5.41, 5.74) is 5.69. The SMILES string of the molecule is CC(C)N(CCC(=O)O)C(=O)CC1(N)CCC1. The first-order valence-corrected chi connectivity index (χ1v) is 6.14. The van der Waals surface area contributed by atoms with Gasteiger partial charge in [0, 0.05) is 24.5 Å². The van der Waals surface area contributed by atoms with Crippen LogP contribution >= 0.6 is 0 Å². The monoisotopic (exact) mass is 242 g/mol. The Morgan fingerprint density at radius 3 is 2.35 bits per heavy atom. The van der Waals surface area contributed by atoms with Crippen molar-refractivity contribution in [2.45, 2.75) is 57.5 Å².